The van der Waals surface area contributed by atoms with Crippen molar-refractivity contribution >= 4 is 65.2 Å². The Morgan fingerprint density at radius 1 is 0.396 bits per heavy atom. The maximum Gasteiger partial charge on any atom is 0.238 e. The molecule has 0 fully saturated rings. The highest BCUT2D eigenvalue weighted by Gasteiger charge is 2.24. The summed E-state index contributed by atoms with van der Waals surface area (Å²) in [6.07, 6.45) is 0. The number of fused-ring (bicyclic) bond motifs is 8. The molecule has 11 aromatic rings. The van der Waals surface area contributed by atoms with Gasteiger partial charge in [0.15, 0.2) is 11.6 Å². The molecule has 0 bridgehead atoms. The molecule has 0 N–H and O–H groups in total. The lowest BCUT2D eigenvalue weighted by Gasteiger charge is -2.13. The predicted octanol–water partition coefficient (Wildman–Crippen LogP) is 11.7. The van der Waals surface area contributed by atoms with Crippen molar-refractivity contribution in [1.29, 1.82) is 0 Å². The van der Waals surface area contributed by atoms with Crippen molar-refractivity contribution in [3.8, 4) is 45.0 Å². The standard InChI is InChI=1S/C46H28N6S/c1-4-15-29(16-5-1)43-48-44(36-23-14-24-37-42(36)53-45(47-37)30-17-6-2-7-18-30)50-46(49-43)52-39-26-13-11-22-33(39)35-28-27-34-32-21-10-12-25-38(32)51(40(34)41(35)52)31-19-8-3-9-20-31/h1-28H. The van der Waals surface area contributed by atoms with E-state index in [1.54, 1.807) is 11.3 Å². The zero-order valence-electron chi connectivity index (χ0n) is 28.3. The van der Waals surface area contributed by atoms with Crippen LogP contribution < -0.4 is 0 Å². The molecular formula is C46H28N6S. The van der Waals surface area contributed by atoms with Gasteiger partial charge in [-0.05, 0) is 36.4 Å². The van der Waals surface area contributed by atoms with Crippen molar-refractivity contribution in [2.45, 2.75) is 0 Å². The summed E-state index contributed by atoms with van der Waals surface area (Å²) in [6.45, 7) is 0. The van der Waals surface area contributed by atoms with Crippen LogP contribution in [0.3, 0.4) is 0 Å². The molecule has 0 saturated heterocycles. The van der Waals surface area contributed by atoms with Gasteiger partial charge >= 0.3 is 0 Å². The van der Waals surface area contributed by atoms with Gasteiger partial charge in [-0.3, -0.25) is 4.57 Å². The van der Waals surface area contributed by atoms with E-state index in [2.05, 4.69) is 137 Å². The molecule has 53 heavy (non-hydrogen) atoms. The number of para-hydroxylation sites is 3. The van der Waals surface area contributed by atoms with Crippen LogP contribution in [0.25, 0.3) is 98.8 Å². The molecule has 0 atom stereocenters. The molecule has 7 heteroatoms. The van der Waals surface area contributed by atoms with E-state index >= 15 is 0 Å². The summed E-state index contributed by atoms with van der Waals surface area (Å²) in [5.41, 5.74) is 9.26. The van der Waals surface area contributed by atoms with Crippen LogP contribution in [0.4, 0.5) is 0 Å². The van der Waals surface area contributed by atoms with E-state index in [1.807, 2.05) is 42.5 Å². The molecule has 0 aliphatic rings. The Kier molecular flexibility index (Phi) is 6.62. The van der Waals surface area contributed by atoms with E-state index in [1.165, 1.54) is 10.8 Å². The van der Waals surface area contributed by atoms with Gasteiger partial charge in [0.1, 0.15) is 5.01 Å². The van der Waals surface area contributed by atoms with Gasteiger partial charge < -0.3 is 4.57 Å². The van der Waals surface area contributed by atoms with Gasteiger partial charge in [-0.25, -0.2) is 9.97 Å². The second-order valence-electron chi connectivity index (χ2n) is 13.1. The summed E-state index contributed by atoms with van der Waals surface area (Å²) < 4.78 is 5.66. The molecule has 11 rings (SSSR count). The first kappa shape index (κ1) is 29.7. The quantitative estimate of drug-likeness (QED) is 0.180. The topological polar surface area (TPSA) is 61.4 Å². The lowest BCUT2D eigenvalue weighted by atomic mass is 10.1. The van der Waals surface area contributed by atoms with Gasteiger partial charge in [-0.15, -0.1) is 11.3 Å². The molecule has 0 saturated carbocycles. The fourth-order valence-corrected chi connectivity index (χ4v) is 8.76. The van der Waals surface area contributed by atoms with Crippen molar-refractivity contribution in [2.24, 2.45) is 0 Å². The van der Waals surface area contributed by atoms with Crippen molar-refractivity contribution in [3.05, 3.63) is 170 Å². The number of aromatic nitrogens is 6. The van der Waals surface area contributed by atoms with E-state index in [0.717, 1.165) is 70.4 Å². The molecule has 0 radical (unpaired) electrons. The Hall–Kier alpha value is -6.96. The average molecular weight is 697 g/mol. The zero-order chi connectivity index (χ0) is 34.9. The third-order valence-corrected chi connectivity index (χ3v) is 11.2. The molecule has 6 nitrogen and oxygen atoms in total. The van der Waals surface area contributed by atoms with Gasteiger partial charge in [-0.2, -0.15) is 9.97 Å². The van der Waals surface area contributed by atoms with Crippen LogP contribution in [0, 0.1) is 0 Å². The molecule has 0 spiro atoms. The van der Waals surface area contributed by atoms with Gasteiger partial charge in [-0.1, -0.05) is 133 Å². The molecule has 0 aliphatic heterocycles. The first-order chi connectivity index (χ1) is 26.3. The highest BCUT2D eigenvalue weighted by atomic mass is 32.1. The average Bonchev–Trinajstić information content (AvgIpc) is 3.92. The lowest BCUT2D eigenvalue weighted by molar-refractivity contribution is 0.954. The minimum Gasteiger partial charge on any atom is -0.307 e. The summed E-state index contributed by atoms with van der Waals surface area (Å²) in [5, 5.41) is 5.59. The Morgan fingerprint density at radius 2 is 0.962 bits per heavy atom. The second-order valence-corrected chi connectivity index (χ2v) is 14.1. The van der Waals surface area contributed by atoms with E-state index < -0.39 is 0 Å². The van der Waals surface area contributed by atoms with E-state index in [4.69, 9.17) is 19.9 Å². The van der Waals surface area contributed by atoms with Crippen LogP contribution in [0.5, 0.6) is 0 Å². The maximum atomic E-state index is 5.38. The van der Waals surface area contributed by atoms with Crippen LogP contribution in [-0.4, -0.2) is 29.1 Å². The predicted molar refractivity (Wildman–Crippen MR) is 218 cm³/mol. The van der Waals surface area contributed by atoms with Gasteiger partial charge in [0.2, 0.25) is 5.95 Å². The van der Waals surface area contributed by atoms with Crippen LogP contribution in [-0.2, 0) is 0 Å². The summed E-state index contributed by atoms with van der Waals surface area (Å²) >= 11 is 1.66. The smallest absolute Gasteiger partial charge is 0.238 e. The van der Waals surface area contributed by atoms with E-state index in [0.29, 0.717) is 17.6 Å². The van der Waals surface area contributed by atoms with Crippen molar-refractivity contribution in [1.82, 2.24) is 29.1 Å². The highest BCUT2D eigenvalue weighted by molar-refractivity contribution is 7.22. The molecule has 4 heterocycles. The summed E-state index contributed by atoms with van der Waals surface area (Å²) in [5.74, 6) is 1.77. The molecule has 4 aromatic heterocycles. The second kappa shape index (κ2) is 11.8. The summed E-state index contributed by atoms with van der Waals surface area (Å²) in [7, 11) is 0. The number of thiazole rings is 1. The zero-order valence-corrected chi connectivity index (χ0v) is 29.1. The Bertz CT molecular complexity index is 3160. The molecular weight excluding hydrogens is 669 g/mol. The molecule has 7 aromatic carbocycles. The number of benzene rings is 7. The van der Waals surface area contributed by atoms with Crippen LogP contribution in [0.15, 0.2) is 170 Å². The monoisotopic (exact) mass is 696 g/mol. The lowest BCUT2D eigenvalue weighted by Crippen LogP contribution is -2.07. The minimum atomic E-state index is 0.558. The number of nitrogens with zero attached hydrogens (tertiary/aromatic N) is 6. The fourth-order valence-electron chi connectivity index (χ4n) is 7.68. The number of hydrogen-bond acceptors (Lipinski definition) is 5. The van der Waals surface area contributed by atoms with Gasteiger partial charge in [0, 0.05) is 43.9 Å². The first-order valence-corrected chi connectivity index (χ1v) is 18.4. The van der Waals surface area contributed by atoms with Crippen LogP contribution in [0.1, 0.15) is 0 Å². The van der Waals surface area contributed by atoms with Gasteiger partial charge in [0.05, 0.1) is 32.3 Å². The minimum absolute atomic E-state index is 0.558. The van der Waals surface area contributed by atoms with E-state index in [9.17, 15) is 0 Å². The Morgan fingerprint density at radius 3 is 1.66 bits per heavy atom. The Labute approximate surface area is 307 Å². The fraction of sp³-hybridized carbons (Fsp3) is 0. The Balaban J connectivity index is 1.26. The summed E-state index contributed by atoms with van der Waals surface area (Å²) in [4.78, 5) is 20.9. The van der Waals surface area contributed by atoms with Crippen LogP contribution >= 0.6 is 11.3 Å². The van der Waals surface area contributed by atoms with E-state index in [-0.39, 0.29) is 0 Å². The van der Waals surface area contributed by atoms with Crippen molar-refractivity contribution < 1.29 is 0 Å². The SMILES string of the molecule is c1ccc(-c2nc(-c3cccc4nc(-c5ccccc5)sc34)nc(-n3c4ccccc4c4ccc5c6ccccc6n(-c6ccccc6)c5c43)n2)cc1. The molecule has 248 valence electrons. The summed E-state index contributed by atoms with van der Waals surface area (Å²) in [6, 6.07) is 59.0. The largest absolute Gasteiger partial charge is 0.307 e. The van der Waals surface area contributed by atoms with Gasteiger partial charge in [0.25, 0.3) is 0 Å². The first-order valence-electron chi connectivity index (χ1n) is 17.6. The van der Waals surface area contributed by atoms with Crippen LogP contribution in [0.2, 0.25) is 0 Å². The molecule has 0 amide bonds. The van der Waals surface area contributed by atoms with Crippen molar-refractivity contribution in [2.75, 3.05) is 0 Å². The molecule has 0 aliphatic carbocycles. The highest BCUT2D eigenvalue weighted by Crippen LogP contribution is 2.42. The third-order valence-electron chi connectivity index (χ3n) is 10.0. The number of rotatable bonds is 5. The number of hydrogen-bond donors (Lipinski definition) is 0. The third kappa shape index (κ3) is 4.64. The normalized spacial score (nSPS) is 11.8. The molecule has 0 unspecified atom stereocenters. The maximum absolute atomic E-state index is 5.38. The van der Waals surface area contributed by atoms with Crippen molar-refractivity contribution in [3.63, 3.8) is 0 Å².